The summed E-state index contributed by atoms with van der Waals surface area (Å²) in [5, 5.41) is 3.12. The number of carbonyl (C=O) groups is 2. The van der Waals surface area contributed by atoms with E-state index in [9.17, 15) is 9.59 Å². The molecule has 34 heavy (non-hydrogen) atoms. The number of hydrogen-bond acceptors (Lipinski definition) is 5. The maximum absolute atomic E-state index is 13.1. The van der Waals surface area contributed by atoms with E-state index in [1.165, 1.54) is 10.6 Å². The lowest BCUT2D eigenvalue weighted by Gasteiger charge is -2.33. The fraction of sp³-hybridized carbons (Fsp3) is 0.593. The molecular weight excluding hydrogens is 444 g/mol. The van der Waals surface area contributed by atoms with Crippen molar-refractivity contribution in [1.29, 1.82) is 0 Å². The van der Waals surface area contributed by atoms with Crippen LogP contribution in [-0.2, 0) is 9.59 Å². The van der Waals surface area contributed by atoms with Crippen molar-refractivity contribution in [2.24, 2.45) is 11.1 Å². The SMILES string of the molecule is CCCC(C)c1ncsc1-c1ccc([C@H](C)NC(=O)[C@@H]2CCCN2C(=O)[C@@H](N)C(C)(C)C)cc1. The molecule has 2 amide bonds. The van der Waals surface area contributed by atoms with Gasteiger partial charge in [-0.15, -0.1) is 11.3 Å². The Morgan fingerprint density at radius 3 is 2.53 bits per heavy atom. The van der Waals surface area contributed by atoms with Gasteiger partial charge in [-0.25, -0.2) is 4.98 Å². The van der Waals surface area contributed by atoms with Crippen molar-refractivity contribution in [3.8, 4) is 10.4 Å². The minimum Gasteiger partial charge on any atom is -0.348 e. The van der Waals surface area contributed by atoms with Crippen molar-refractivity contribution in [3.63, 3.8) is 0 Å². The summed E-state index contributed by atoms with van der Waals surface area (Å²) < 4.78 is 0. The van der Waals surface area contributed by atoms with E-state index in [4.69, 9.17) is 5.73 Å². The second-order valence-corrected chi connectivity index (χ2v) is 11.5. The molecule has 4 atom stereocenters. The van der Waals surface area contributed by atoms with Crippen LogP contribution in [0.2, 0.25) is 0 Å². The van der Waals surface area contributed by atoms with Gasteiger partial charge in [0.25, 0.3) is 0 Å². The van der Waals surface area contributed by atoms with Gasteiger partial charge in [-0.1, -0.05) is 65.3 Å². The highest BCUT2D eigenvalue weighted by Crippen LogP contribution is 2.34. The van der Waals surface area contributed by atoms with Gasteiger partial charge in [0.15, 0.2) is 0 Å². The van der Waals surface area contributed by atoms with Gasteiger partial charge < -0.3 is 16.0 Å². The molecule has 1 fully saturated rings. The molecule has 3 N–H and O–H groups in total. The summed E-state index contributed by atoms with van der Waals surface area (Å²) in [5.74, 6) is 0.189. The van der Waals surface area contributed by atoms with Gasteiger partial charge in [-0.05, 0) is 48.6 Å². The molecule has 2 heterocycles. The molecule has 2 aromatic rings. The number of nitrogens with zero attached hydrogens (tertiary/aromatic N) is 2. The number of amides is 2. The molecule has 0 saturated carbocycles. The number of thiazole rings is 1. The molecule has 0 bridgehead atoms. The molecule has 1 unspecified atom stereocenters. The maximum Gasteiger partial charge on any atom is 0.243 e. The highest BCUT2D eigenvalue weighted by molar-refractivity contribution is 7.13. The Bertz CT molecular complexity index is 979. The van der Waals surface area contributed by atoms with Gasteiger partial charge in [0.2, 0.25) is 11.8 Å². The van der Waals surface area contributed by atoms with Crippen LogP contribution in [0.3, 0.4) is 0 Å². The van der Waals surface area contributed by atoms with E-state index in [1.807, 2.05) is 33.2 Å². The number of aromatic nitrogens is 1. The molecule has 0 radical (unpaired) electrons. The van der Waals surface area contributed by atoms with Gasteiger partial charge in [0.05, 0.1) is 28.2 Å². The number of hydrogen-bond donors (Lipinski definition) is 2. The summed E-state index contributed by atoms with van der Waals surface area (Å²) in [4.78, 5) is 33.6. The fourth-order valence-electron chi connectivity index (χ4n) is 4.56. The van der Waals surface area contributed by atoms with Crippen molar-refractivity contribution >= 4 is 23.2 Å². The average Bonchev–Trinajstić information content (AvgIpc) is 3.47. The Labute approximate surface area is 208 Å². The topological polar surface area (TPSA) is 88.3 Å². The van der Waals surface area contributed by atoms with Crippen LogP contribution in [0.5, 0.6) is 0 Å². The van der Waals surface area contributed by atoms with Crippen LogP contribution < -0.4 is 11.1 Å². The zero-order chi connectivity index (χ0) is 25.0. The maximum atomic E-state index is 13.1. The number of benzene rings is 1. The highest BCUT2D eigenvalue weighted by atomic mass is 32.1. The van der Waals surface area contributed by atoms with Crippen LogP contribution in [0.4, 0.5) is 0 Å². The minimum absolute atomic E-state index is 0.110. The third-order valence-corrected chi connectivity index (χ3v) is 7.74. The zero-order valence-corrected chi connectivity index (χ0v) is 22.2. The monoisotopic (exact) mass is 484 g/mol. The van der Waals surface area contributed by atoms with Gasteiger partial charge in [0.1, 0.15) is 6.04 Å². The predicted molar refractivity (Wildman–Crippen MR) is 140 cm³/mol. The number of carbonyl (C=O) groups excluding carboxylic acids is 2. The van der Waals surface area contributed by atoms with Crippen LogP contribution in [-0.4, -0.2) is 40.3 Å². The smallest absolute Gasteiger partial charge is 0.243 e. The third-order valence-electron chi connectivity index (χ3n) is 6.85. The summed E-state index contributed by atoms with van der Waals surface area (Å²) in [6, 6.07) is 7.13. The summed E-state index contributed by atoms with van der Waals surface area (Å²) in [6.07, 6.45) is 3.75. The van der Waals surface area contributed by atoms with Gasteiger partial charge in [-0.3, -0.25) is 9.59 Å². The molecule has 6 nitrogen and oxygen atoms in total. The summed E-state index contributed by atoms with van der Waals surface area (Å²) in [5.41, 5.74) is 11.1. The van der Waals surface area contributed by atoms with Crippen molar-refractivity contribution in [3.05, 3.63) is 41.0 Å². The molecular formula is C27H40N4O2S. The van der Waals surface area contributed by atoms with E-state index >= 15 is 0 Å². The minimum atomic E-state index is -0.623. The Hall–Kier alpha value is -2.25. The summed E-state index contributed by atoms with van der Waals surface area (Å²) in [6.45, 7) is 12.9. The van der Waals surface area contributed by atoms with E-state index in [1.54, 1.807) is 16.2 Å². The second kappa shape index (κ2) is 11.0. The molecule has 1 aliphatic heterocycles. The molecule has 7 heteroatoms. The highest BCUT2D eigenvalue weighted by Gasteiger charge is 2.39. The van der Waals surface area contributed by atoms with Crippen LogP contribution in [0.1, 0.15) is 90.4 Å². The van der Waals surface area contributed by atoms with Crippen molar-refractivity contribution in [1.82, 2.24) is 15.2 Å². The molecule has 1 aromatic carbocycles. The lowest BCUT2D eigenvalue weighted by molar-refractivity contribution is -0.141. The summed E-state index contributed by atoms with van der Waals surface area (Å²) in [7, 11) is 0. The fourth-order valence-corrected chi connectivity index (χ4v) is 5.48. The lowest BCUT2D eigenvalue weighted by atomic mass is 9.86. The van der Waals surface area contributed by atoms with Crippen LogP contribution in [0, 0.1) is 5.41 Å². The first-order valence-electron chi connectivity index (χ1n) is 12.4. The molecule has 1 aliphatic rings. The second-order valence-electron chi connectivity index (χ2n) is 10.6. The number of rotatable bonds is 8. The normalized spacial score (nSPS) is 19.0. The molecule has 0 aliphatic carbocycles. The quantitative estimate of drug-likeness (QED) is 0.535. The van der Waals surface area contributed by atoms with Gasteiger partial charge >= 0.3 is 0 Å². The standard InChI is InChI=1S/C27H40N4O2S/c1-7-9-17(2)22-23(34-16-29-22)20-13-11-19(12-14-20)18(3)30-25(32)21-10-8-15-31(21)26(33)24(28)27(4,5)6/h11-14,16-18,21,24H,7-10,15,28H2,1-6H3,(H,30,32)/t17?,18-,21-,24+/m0/s1. The molecule has 3 rings (SSSR count). The molecule has 0 spiro atoms. The predicted octanol–water partition coefficient (Wildman–Crippen LogP) is 5.26. The van der Waals surface area contributed by atoms with E-state index in [0.717, 1.165) is 30.4 Å². The average molecular weight is 485 g/mol. The van der Waals surface area contributed by atoms with Crippen LogP contribution in [0.25, 0.3) is 10.4 Å². The number of nitrogens with one attached hydrogen (secondary N) is 1. The van der Waals surface area contributed by atoms with Crippen molar-refractivity contribution < 1.29 is 9.59 Å². The van der Waals surface area contributed by atoms with Gasteiger partial charge in [-0.2, -0.15) is 0 Å². The zero-order valence-electron chi connectivity index (χ0n) is 21.4. The first-order chi connectivity index (χ1) is 16.0. The summed E-state index contributed by atoms with van der Waals surface area (Å²) >= 11 is 1.68. The number of nitrogens with two attached hydrogens (primary N) is 1. The van der Waals surface area contributed by atoms with E-state index < -0.39 is 12.1 Å². The Balaban J connectivity index is 1.67. The van der Waals surface area contributed by atoms with Crippen LogP contribution >= 0.6 is 11.3 Å². The van der Waals surface area contributed by atoms with E-state index in [0.29, 0.717) is 18.9 Å². The molecule has 1 saturated heterocycles. The third kappa shape index (κ3) is 5.87. The van der Waals surface area contributed by atoms with Gasteiger partial charge in [0, 0.05) is 6.54 Å². The number of likely N-dealkylation sites (tertiary alicyclic amines) is 1. The van der Waals surface area contributed by atoms with Crippen molar-refractivity contribution in [2.45, 2.75) is 91.3 Å². The Morgan fingerprint density at radius 1 is 1.24 bits per heavy atom. The lowest BCUT2D eigenvalue weighted by Crippen LogP contribution is -2.55. The Kier molecular flexibility index (Phi) is 8.52. The van der Waals surface area contributed by atoms with E-state index in [-0.39, 0.29) is 23.3 Å². The first kappa shape index (κ1) is 26.4. The van der Waals surface area contributed by atoms with Crippen LogP contribution in [0.15, 0.2) is 29.8 Å². The van der Waals surface area contributed by atoms with E-state index in [2.05, 4.69) is 48.4 Å². The van der Waals surface area contributed by atoms with Crippen molar-refractivity contribution in [2.75, 3.05) is 6.54 Å². The largest absolute Gasteiger partial charge is 0.348 e. The molecule has 186 valence electrons. The molecule has 1 aromatic heterocycles. The Morgan fingerprint density at radius 2 is 1.91 bits per heavy atom. The first-order valence-corrected chi connectivity index (χ1v) is 13.3.